The quantitative estimate of drug-likeness (QED) is 0.554. The van der Waals surface area contributed by atoms with E-state index in [1.165, 1.54) is 0 Å². The van der Waals surface area contributed by atoms with Crippen LogP contribution in [0.2, 0.25) is 0 Å². The number of hydrogen-bond acceptors (Lipinski definition) is 2. The van der Waals surface area contributed by atoms with Crippen LogP contribution in [0.5, 0.6) is 0 Å². The van der Waals surface area contributed by atoms with Crippen LogP contribution in [0.25, 0.3) is 0 Å². The Morgan fingerprint density at radius 1 is 1.36 bits per heavy atom. The van der Waals surface area contributed by atoms with Gasteiger partial charge in [-0.15, -0.1) is 0 Å². The molecule has 2 nitrogen and oxygen atoms in total. The van der Waals surface area contributed by atoms with E-state index < -0.39 is 11.4 Å². The van der Waals surface area contributed by atoms with Gasteiger partial charge in [-0.25, -0.2) is 0 Å². The smallest absolute Gasteiger partial charge is 0.549 e. The molecule has 1 aromatic carbocycles. The van der Waals surface area contributed by atoms with E-state index in [9.17, 15) is 9.90 Å². The van der Waals surface area contributed by atoms with Gasteiger partial charge < -0.3 is 9.90 Å². The SMILES string of the molecule is CCC(C)(C(=O)[O-])c1ccccc1.[K+]. The molecule has 0 bridgehead atoms. The minimum atomic E-state index is -1.01. The zero-order chi connectivity index (χ0) is 9.90. The van der Waals surface area contributed by atoms with Crippen LogP contribution in [-0.2, 0) is 10.2 Å². The molecular weight excluding hydrogens is 203 g/mol. The zero-order valence-electron chi connectivity index (χ0n) is 8.91. The Labute approximate surface area is 127 Å². The molecule has 70 valence electrons. The minimum absolute atomic E-state index is 0. The average molecular weight is 216 g/mol. The van der Waals surface area contributed by atoms with Crippen LogP contribution in [0.4, 0.5) is 0 Å². The predicted molar refractivity (Wildman–Crippen MR) is 49.1 cm³/mol. The molecule has 1 aromatic rings. The molecule has 0 fully saturated rings. The van der Waals surface area contributed by atoms with Crippen molar-refractivity contribution in [2.45, 2.75) is 25.7 Å². The third-order valence-corrected chi connectivity index (χ3v) is 2.57. The third kappa shape index (κ3) is 2.91. The van der Waals surface area contributed by atoms with Crippen LogP contribution in [0.15, 0.2) is 30.3 Å². The summed E-state index contributed by atoms with van der Waals surface area (Å²) in [4.78, 5) is 10.9. The second-order valence-corrected chi connectivity index (χ2v) is 3.34. The van der Waals surface area contributed by atoms with E-state index in [0.29, 0.717) is 6.42 Å². The van der Waals surface area contributed by atoms with E-state index in [1.807, 2.05) is 37.3 Å². The van der Waals surface area contributed by atoms with Crippen LogP contribution in [0.1, 0.15) is 25.8 Å². The van der Waals surface area contributed by atoms with Crippen LogP contribution in [0, 0.1) is 0 Å². The van der Waals surface area contributed by atoms with E-state index in [4.69, 9.17) is 0 Å². The molecule has 14 heavy (non-hydrogen) atoms. The van der Waals surface area contributed by atoms with E-state index in [-0.39, 0.29) is 51.4 Å². The van der Waals surface area contributed by atoms with Gasteiger partial charge in [0.05, 0.1) is 5.97 Å². The Bertz CT molecular complexity index is 297. The summed E-state index contributed by atoms with van der Waals surface area (Å²) in [5.41, 5.74) is -0.0566. The fraction of sp³-hybridized carbons (Fsp3) is 0.364. The molecule has 0 aromatic heterocycles. The summed E-state index contributed by atoms with van der Waals surface area (Å²) in [6.45, 7) is 3.54. The van der Waals surface area contributed by atoms with Crippen molar-refractivity contribution in [3.63, 3.8) is 0 Å². The average Bonchev–Trinajstić information content (AvgIpc) is 2.17. The molecule has 0 aliphatic carbocycles. The van der Waals surface area contributed by atoms with Crippen molar-refractivity contribution in [2.75, 3.05) is 0 Å². The number of carbonyl (C=O) groups is 1. The van der Waals surface area contributed by atoms with E-state index in [2.05, 4.69) is 0 Å². The van der Waals surface area contributed by atoms with Crippen molar-refractivity contribution >= 4 is 5.97 Å². The second kappa shape index (κ2) is 6.03. The largest absolute Gasteiger partial charge is 1.00 e. The molecule has 3 heteroatoms. The number of carboxylic acids is 1. The Hall–Kier alpha value is 0.326. The van der Waals surface area contributed by atoms with E-state index in [0.717, 1.165) is 5.56 Å². The van der Waals surface area contributed by atoms with Crippen LogP contribution in [0.3, 0.4) is 0 Å². The summed E-state index contributed by atoms with van der Waals surface area (Å²) in [7, 11) is 0. The molecule has 0 aliphatic rings. The summed E-state index contributed by atoms with van der Waals surface area (Å²) >= 11 is 0. The molecule has 1 atom stereocenters. The number of aliphatic carboxylic acids is 1. The van der Waals surface area contributed by atoms with Crippen molar-refractivity contribution < 1.29 is 61.3 Å². The maximum atomic E-state index is 10.9. The van der Waals surface area contributed by atoms with Crippen molar-refractivity contribution in [3.05, 3.63) is 35.9 Å². The Morgan fingerprint density at radius 3 is 2.21 bits per heavy atom. The molecule has 0 radical (unpaired) electrons. The molecule has 1 unspecified atom stereocenters. The molecule has 0 N–H and O–H groups in total. The van der Waals surface area contributed by atoms with E-state index in [1.54, 1.807) is 6.92 Å². The number of carboxylic acid groups (broad SMARTS) is 1. The molecule has 0 heterocycles. The van der Waals surface area contributed by atoms with Crippen molar-refractivity contribution in [3.8, 4) is 0 Å². The summed E-state index contributed by atoms with van der Waals surface area (Å²) in [5, 5.41) is 10.9. The first kappa shape index (κ1) is 14.3. The van der Waals surface area contributed by atoms with Crippen molar-refractivity contribution in [2.24, 2.45) is 0 Å². The van der Waals surface area contributed by atoms with Gasteiger partial charge in [-0.05, 0) is 12.0 Å². The van der Waals surface area contributed by atoms with Gasteiger partial charge in [0.25, 0.3) is 0 Å². The van der Waals surface area contributed by atoms with Gasteiger partial charge in [0.1, 0.15) is 0 Å². The third-order valence-electron chi connectivity index (χ3n) is 2.57. The van der Waals surface area contributed by atoms with Crippen LogP contribution in [-0.4, -0.2) is 5.97 Å². The van der Waals surface area contributed by atoms with Gasteiger partial charge in [-0.1, -0.05) is 44.2 Å². The monoisotopic (exact) mass is 216 g/mol. The topological polar surface area (TPSA) is 40.1 Å². The molecule has 0 spiro atoms. The normalized spacial score (nSPS) is 13.9. The molecule has 0 saturated carbocycles. The van der Waals surface area contributed by atoms with Gasteiger partial charge in [0, 0.05) is 5.41 Å². The maximum Gasteiger partial charge on any atom is 1.00 e. The van der Waals surface area contributed by atoms with E-state index >= 15 is 0 Å². The number of carbonyl (C=O) groups excluding carboxylic acids is 1. The first-order valence-electron chi connectivity index (χ1n) is 4.38. The first-order chi connectivity index (χ1) is 6.11. The minimum Gasteiger partial charge on any atom is -0.549 e. The summed E-state index contributed by atoms with van der Waals surface area (Å²) in [5.74, 6) is -1.01. The molecular formula is C11H13KO2. The van der Waals surface area contributed by atoms with Gasteiger partial charge in [0.2, 0.25) is 0 Å². The van der Waals surface area contributed by atoms with Crippen LogP contribution >= 0.6 is 0 Å². The fourth-order valence-corrected chi connectivity index (χ4v) is 1.27. The van der Waals surface area contributed by atoms with Gasteiger partial charge in [-0.3, -0.25) is 0 Å². The Morgan fingerprint density at radius 2 is 1.86 bits per heavy atom. The van der Waals surface area contributed by atoms with Gasteiger partial charge in [-0.2, -0.15) is 0 Å². The number of rotatable bonds is 3. The summed E-state index contributed by atoms with van der Waals surface area (Å²) in [6, 6.07) is 9.19. The fourth-order valence-electron chi connectivity index (χ4n) is 1.27. The molecule has 0 aliphatic heterocycles. The summed E-state index contributed by atoms with van der Waals surface area (Å²) in [6.07, 6.45) is 0.541. The number of benzene rings is 1. The van der Waals surface area contributed by atoms with Gasteiger partial charge >= 0.3 is 51.4 Å². The predicted octanol–water partition coefficient (Wildman–Crippen LogP) is -1.89. The Balaban J connectivity index is 0.00000169. The van der Waals surface area contributed by atoms with Crippen LogP contribution < -0.4 is 56.5 Å². The second-order valence-electron chi connectivity index (χ2n) is 3.34. The molecule has 0 amide bonds. The summed E-state index contributed by atoms with van der Waals surface area (Å²) < 4.78 is 0. The van der Waals surface area contributed by atoms with Gasteiger partial charge in [0.15, 0.2) is 0 Å². The zero-order valence-corrected chi connectivity index (χ0v) is 12.0. The van der Waals surface area contributed by atoms with Crippen molar-refractivity contribution in [1.29, 1.82) is 0 Å². The first-order valence-corrected chi connectivity index (χ1v) is 4.38. The number of hydrogen-bond donors (Lipinski definition) is 0. The standard InChI is InChI=1S/C11H14O2.K/c1-3-11(2,10(12)13)9-7-5-4-6-8-9;/h4-8H,3H2,1-2H3,(H,12,13);/q;+1/p-1. The molecule has 0 saturated heterocycles. The maximum absolute atomic E-state index is 10.9. The Kier molecular flexibility index (Phi) is 6.17. The molecule has 1 rings (SSSR count). The van der Waals surface area contributed by atoms with Crippen molar-refractivity contribution in [1.82, 2.24) is 0 Å².